The van der Waals surface area contributed by atoms with Crippen molar-refractivity contribution in [1.29, 1.82) is 0 Å². The molecule has 1 amide bonds. The highest BCUT2D eigenvalue weighted by Crippen LogP contribution is 2.59. The highest BCUT2D eigenvalue weighted by molar-refractivity contribution is 6.07. The topological polar surface area (TPSA) is 107 Å². The van der Waals surface area contributed by atoms with Gasteiger partial charge in [-0.15, -0.1) is 0 Å². The molecule has 0 bridgehead atoms. The van der Waals surface area contributed by atoms with Gasteiger partial charge in [-0.25, -0.2) is 9.97 Å². The third-order valence-corrected chi connectivity index (χ3v) is 8.86. The van der Waals surface area contributed by atoms with Gasteiger partial charge in [0.1, 0.15) is 23.8 Å². The maximum atomic E-state index is 13.9. The van der Waals surface area contributed by atoms with Crippen LogP contribution in [0.1, 0.15) is 60.5 Å². The van der Waals surface area contributed by atoms with Gasteiger partial charge in [-0.3, -0.25) is 19.1 Å². The summed E-state index contributed by atoms with van der Waals surface area (Å²) in [4.78, 5) is 50.5. The first-order valence-electron chi connectivity index (χ1n) is 14.4. The number of likely N-dealkylation sites (tertiary alicyclic amines) is 1. The average Bonchev–Trinajstić information content (AvgIpc) is 3.32. The van der Waals surface area contributed by atoms with Crippen LogP contribution in [0.2, 0.25) is 0 Å². The second-order valence-corrected chi connectivity index (χ2v) is 12.0. The summed E-state index contributed by atoms with van der Waals surface area (Å²) in [5.74, 6) is 1.20. The minimum atomic E-state index is -0.449. The van der Waals surface area contributed by atoms with E-state index in [0.717, 1.165) is 39.9 Å². The Hall–Kier alpha value is -4.40. The molecule has 2 aromatic carbocycles. The number of methoxy groups -OCH3 is 1. The second-order valence-electron chi connectivity index (χ2n) is 12.0. The zero-order valence-electron chi connectivity index (χ0n) is 24.7. The quantitative estimate of drug-likeness (QED) is 0.266. The fourth-order valence-electron chi connectivity index (χ4n) is 6.49. The van der Waals surface area contributed by atoms with E-state index in [-0.39, 0.29) is 35.5 Å². The highest BCUT2D eigenvalue weighted by Gasteiger charge is 2.64. The lowest BCUT2D eigenvalue weighted by molar-refractivity contribution is -0.139. The minimum absolute atomic E-state index is 0.0242. The van der Waals surface area contributed by atoms with Gasteiger partial charge in [0.15, 0.2) is 11.6 Å². The van der Waals surface area contributed by atoms with Crippen LogP contribution < -0.4 is 4.74 Å². The Kier molecular flexibility index (Phi) is 6.91. The molecule has 0 spiro atoms. The molecule has 1 aliphatic heterocycles. The molecule has 9 heteroatoms. The molecule has 0 radical (unpaired) electrons. The lowest BCUT2D eigenvalue weighted by Gasteiger charge is -2.27. The van der Waals surface area contributed by atoms with E-state index in [9.17, 15) is 14.4 Å². The Morgan fingerprint density at radius 3 is 2.52 bits per heavy atom. The molecule has 1 saturated heterocycles. The number of carbonyl (C=O) groups is 3. The van der Waals surface area contributed by atoms with Gasteiger partial charge in [0.2, 0.25) is 5.91 Å². The van der Waals surface area contributed by atoms with Gasteiger partial charge < -0.3 is 9.64 Å². The molecule has 2 aliphatic rings. The van der Waals surface area contributed by atoms with E-state index in [1.807, 2.05) is 55.1 Å². The molecule has 0 N–H and O–H groups in total. The average molecular weight is 566 g/mol. The number of fused-ring (bicyclic) bond motifs is 2. The molecule has 6 rings (SSSR count). The van der Waals surface area contributed by atoms with Crippen LogP contribution >= 0.6 is 0 Å². The molecule has 9 nitrogen and oxygen atoms in total. The van der Waals surface area contributed by atoms with Crippen molar-refractivity contribution < 1.29 is 19.1 Å². The van der Waals surface area contributed by atoms with Crippen LogP contribution in [-0.4, -0.2) is 61.3 Å². The number of amides is 1. The van der Waals surface area contributed by atoms with Crippen molar-refractivity contribution in [3.05, 3.63) is 71.4 Å². The minimum Gasteiger partial charge on any atom is -0.497 e. The Bertz CT molecular complexity index is 1730. The van der Waals surface area contributed by atoms with E-state index >= 15 is 0 Å². The number of Topliss-reactive ketones (excluding diaryl/α,β-unsaturated/α-hetero) is 2. The van der Waals surface area contributed by atoms with Crippen LogP contribution in [0.4, 0.5) is 0 Å². The van der Waals surface area contributed by atoms with E-state index in [0.29, 0.717) is 36.2 Å². The number of ether oxygens (including phenoxy) is 1. The second kappa shape index (κ2) is 10.5. The largest absolute Gasteiger partial charge is 0.497 e. The number of hydrogen-bond donors (Lipinski definition) is 0. The molecular formula is C33H35N5O4. The van der Waals surface area contributed by atoms with E-state index < -0.39 is 6.04 Å². The van der Waals surface area contributed by atoms with Crippen molar-refractivity contribution in [3.63, 3.8) is 0 Å². The van der Waals surface area contributed by atoms with Crippen molar-refractivity contribution in [1.82, 2.24) is 24.6 Å². The summed E-state index contributed by atoms with van der Waals surface area (Å²) in [7, 11) is 1.63. The van der Waals surface area contributed by atoms with Crippen LogP contribution in [0.25, 0.3) is 22.0 Å². The predicted octanol–water partition coefficient (Wildman–Crippen LogP) is 4.90. The van der Waals surface area contributed by atoms with Crippen LogP contribution in [-0.2, 0) is 22.6 Å². The number of aromatic nitrogens is 4. The normalized spacial score (nSPS) is 20.9. The maximum Gasteiger partial charge on any atom is 0.245 e. The molecule has 42 heavy (non-hydrogen) atoms. The molecule has 2 aromatic heterocycles. The Morgan fingerprint density at radius 2 is 1.81 bits per heavy atom. The van der Waals surface area contributed by atoms with Crippen molar-refractivity contribution in [2.45, 2.75) is 72.0 Å². The third-order valence-electron chi connectivity index (χ3n) is 8.86. The van der Waals surface area contributed by atoms with Crippen molar-refractivity contribution in [2.24, 2.45) is 5.41 Å². The lowest BCUT2D eigenvalue weighted by Crippen LogP contribution is -2.44. The summed E-state index contributed by atoms with van der Waals surface area (Å²) in [6, 6.07) is 11.3. The molecular weight excluding hydrogens is 530 g/mol. The van der Waals surface area contributed by atoms with E-state index in [2.05, 4.69) is 22.0 Å². The van der Waals surface area contributed by atoms with Crippen LogP contribution in [0.15, 0.2) is 48.8 Å². The summed E-state index contributed by atoms with van der Waals surface area (Å²) in [6.07, 6.45) is 6.05. The Balaban J connectivity index is 1.26. The van der Waals surface area contributed by atoms with Crippen LogP contribution in [0.3, 0.4) is 0 Å². The SMILES string of the molecule is COc1cccc(CCC(=O)[C@@H]2C[C@@]3(C)C[C@H]3N2C(=O)Cn2nc(C(C)=O)c3cc(-c4cnc(C)nc4)cc(C)c32)c1. The summed E-state index contributed by atoms with van der Waals surface area (Å²) >= 11 is 0. The number of hydrogen-bond acceptors (Lipinski definition) is 7. The van der Waals surface area contributed by atoms with Gasteiger partial charge in [-0.05, 0) is 79.5 Å². The van der Waals surface area contributed by atoms with Gasteiger partial charge in [0.05, 0.1) is 18.7 Å². The van der Waals surface area contributed by atoms with Crippen molar-refractivity contribution in [3.8, 4) is 16.9 Å². The first-order valence-corrected chi connectivity index (χ1v) is 14.4. The Morgan fingerprint density at radius 1 is 1.05 bits per heavy atom. The van der Waals surface area contributed by atoms with E-state index in [1.165, 1.54) is 6.92 Å². The van der Waals surface area contributed by atoms with Gasteiger partial charge in [-0.2, -0.15) is 5.10 Å². The fraction of sp³-hybridized carbons (Fsp3) is 0.394. The van der Waals surface area contributed by atoms with Crippen LogP contribution in [0, 0.1) is 19.3 Å². The smallest absolute Gasteiger partial charge is 0.245 e. The number of carbonyl (C=O) groups excluding carboxylic acids is 3. The number of ketones is 2. The maximum absolute atomic E-state index is 13.9. The van der Waals surface area contributed by atoms with Crippen molar-refractivity contribution in [2.75, 3.05) is 7.11 Å². The van der Waals surface area contributed by atoms with Gasteiger partial charge >= 0.3 is 0 Å². The first-order chi connectivity index (χ1) is 20.1. The third kappa shape index (κ3) is 4.97. The van der Waals surface area contributed by atoms with Gasteiger partial charge in [-0.1, -0.05) is 19.1 Å². The lowest BCUT2D eigenvalue weighted by atomic mass is 9.96. The number of nitrogens with zero attached hydrogens (tertiary/aromatic N) is 5. The number of aryl methyl sites for hydroxylation is 3. The first kappa shape index (κ1) is 27.8. The monoisotopic (exact) mass is 565 g/mol. The summed E-state index contributed by atoms with van der Waals surface area (Å²) in [6.45, 7) is 7.38. The zero-order chi connectivity index (χ0) is 29.8. The standard InChI is InChI=1S/C33H35N5O4/c1-19-11-23(24-16-34-21(3)35-17-24)13-26-31(20(2)39)36-37(32(19)26)18-30(41)38-27(14-33(4)15-29(33)38)28(40)10-9-22-7-6-8-25(12-22)42-5/h6-8,11-13,16-17,27,29H,9-10,14-15,18H2,1-5H3/t27-,29+,33-/m0/s1. The molecule has 0 unspecified atom stereocenters. The molecule has 1 saturated carbocycles. The molecule has 3 atom stereocenters. The summed E-state index contributed by atoms with van der Waals surface area (Å²) in [5, 5.41) is 5.31. The highest BCUT2D eigenvalue weighted by atomic mass is 16.5. The molecule has 4 aromatic rings. The van der Waals surface area contributed by atoms with E-state index in [1.54, 1.807) is 24.2 Å². The summed E-state index contributed by atoms with van der Waals surface area (Å²) < 4.78 is 6.95. The fourth-order valence-corrected chi connectivity index (χ4v) is 6.49. The number of piperidine rings is 1. The number of rotatable bonds is 9. The van der Waals surface area contributed by atoms with Crippen molar-refractivity contribution >= 4 is 28.4 Å². The molecule has 3 heterocycles. The van der Waals surface area contributed by atoms with Gasteiger partial charge in [0.25, 0.3) is 0 Å². The summed E-state index contributed by atoms with van der Waals surface area (Å²) in [5.41, 5.74) is 4.67. The zero-order valence-corrected chi connectivity index (χ0v) is 24.7. The van der Waals surface area contributed by atoms with Gasteiger partial charge in [0, 0.05) is 42.7 Å². The molecule has 1 aliphatic carbocycles. The van der Waals surface area contributed by atoms with Crippen LogP contribution in [0.5, 0.6) is 5.75 Å². The predicted molar refractivity (Wildman–Crippen MR) is 158 cm³/mol. The number of benzene rings is 2. The Labute approximate surface area is 244 Å². The van der Waals surface area contributed by atoms with E-state index in [4.69, 9.17) is 4.74 Å². The molecule has 216 valence electrons. The molecule has 2 fully saturated rings.